The summed E-state index contributed by atoms with van der Waals surface area (Å²) < 4.78 is 0. The zero-order valence-electron chi connectivity index (χ0n) is 13.2. The third-order valence-corrected chi connectivity index (χ3v) is 3.89. The molecule has 1 N–H and O–H groups in total. The van der Waals surface area contributed by atoms with E-state index in [2.05, 4.69) is 78.7 Å². The van der Waals surface area contributed by atoms with Crippen molar-refractivity contribution in [2.45, 2.75) is 20.3 Å². The quantitative estimate of drug-likeness (QED) is 0.786. The molecule has 0 radical (unpaired) electrons. The van der Waals surface area contributed by atoms with Crippen LogP contribution in [0.15, 0.2) is 54.6 Å². The van der Waals surface area contributed by atoms with Gasteiger partial charge < -0.3 is 10.2 Å². The van der Waals surface area contributed by atoms with E-state index in [1.807, 2.05) is 0 Å². The molecule has 0 unspecified atom stereocenters. The lowest BCUT2D eigenvalue weighted by Crippen LogP contribution is -2.28. The molecule has 2 aromatic carbocycles. The van der Waals surface area contributed by atoms with Gasteiger partial charge in [-0.2, -0.15) is 0 Å². The number of nitrogens with zero attached hydrogens (tertiary/aromatic N) is 1. The first-order chi connectivity index (χ1) is 10.3. The van der Waals surface area contributed by atoms with E-state index in [-0.39, 0.29) is 0 Å². The number of hydrogen-bond donors (Lipinski definition) is 1. The predicted octanol–water partition coefficient (Wildman–Crippen LogP) is 4.03. The molecule has 112 valence electrons. The van der Waals surface area contributed by atoms with Crippen molar-refractivity contribution in [1.82, 2.24) is 4.90 Å². The van der Waals surface area contributed by atoms with Gasteiger partial charge in [-0.1, -0.05) is 62.4 Å². The van der Waals surface area contributed by atoms with Crippen LogP contribution in [0.3, 0.4) is 0 Å². The van der Waals surface area contributed by atoms with Crippen molar-refractivity contribution < 1.29 is 0 Å². The van der Waals surface area contributed by atoms with Crippen LogP contribution in [-0.2, 0) is 6.42 Å². The lowest BCUT2D eigenvalue weighted by atomic mass is 10.0. The lowest BCUT2D eigenvalue weighted by molar-refractivity contribution is 0.316. The van der Waals surface area contributed by atoms with Gasteiger partial charge in [-0.15, -0.1) is 0 Å². The third kappa shape index (κ3) is 4.91. The second kappa shape index (κ2) is 8.48. The van der Waals surface area contributed by atoms with E-state index in [1.54, 1.807) is 0 Å². The fraction of sp³-hybridized carbons (Fsp3) is 0.368. The van der Waals surface area contributed by atoms with Gasteiger partial charge in [0.05, 0.1) is 0 Å². The molecular formula is C19H26N2. The molecule has 0 fully saturated rings. The van der Waals surface area contributed by atoms with Gasteiger partial charge in [0, 0.05) is 18.8 Å². The van der Waals surface area contributed by atoms with Crippen molar-refractivity contribution in [3.05, 3.63) is 65.7 Å². The van der Waals surface area contributed by atoms with E-state index >= 15 is 0 Å². The average molecular weight is 282 g/mol. The topological polar surface area (TPSA) is 15.3 Å². The van der Waals surface area contributed by atoms with Crippen molar-refractivity contribution in [2.24, 2.45) is 0 Å². The molecule has 0 aliphatic rings. The van der Waals surface area contributed by atoms with E-state index in [0.717, 1.165) is 32.6 Å². The van der Waals surface area contributed by atoms with Crippen molar-refractivity contribution in [2.75, 3.05) is 31.5 Å². The Balaban J connectivity index is 1.97. The summed E-state index contributed by atoms with van der Waals surface area (Å²) in [5.74, 6) is 0. The number of para-hydroxylation sites is 1. The van der Waals surface area contributed by atoms with Crippen LogP contribution in [0.2, 0.25) is 0 Å². The monoisotopic (exact) mass is 282 g/mol. The molecule has 2 nitrogen and oxygen atoms in total. The van der Waals surface area contributed by atoms with Gasteiger partial charge in [0.1, 0.15) is 0 Å². The Morgan fingerprint density at radius 2 is 1.52 bits per heavy atom. The second-order valence-corrected chi connectivity index (χ2v) is 5.27. The molecule has 0 aromatic heterocycles. The van der Waals surface area contributed by atoms with Crippen LogP contribution in [0.25, 0.3) is 0 Å². The summed E-state index contributed by atoms with van der Waals surface area (Å²) in [6, 6.07) is 19.3. The molecule has 0 bridgehead atoms. The van der Waals surface area contributed by atoms with Gasteiger partial charge in [-0.25, -0.2) is 0 Å². The van der Waals surface area contributed by atoms with Gasteiger partial charge >= 0.3 is 0 Å². The number of nitrogens with one attached hydrogen (secondary N) is 1. The third-order valence-electron chi connectivity index (χ3n) is 3.89. The van der Waals surface area contributed by atoms with Crippen LogP contribution < -0.4 is 5.32 Å². The smallest absolute Gasteiger partial charge is 0.0376 e. The van der Waals surface area contributed by atoms with E-state index < -0.39 is 0 Å². The second-order valence-electron chi connectivity index (χ2n) is 5.27. The fourth-order valence-electron chi connectivity index (χ4n) is 2.55. The van der Waals surface area contributed by atoms with Gasteiger partial charge in [-0.3, -0.25) is 0 Å². The average Bonchev–Trinajstić information content (AvgIpc) is 2.54. The molecule has 0 heterocycles. The summed E-state index contributed by atoms with van der Waals surface area (Å²) in [5.41, 5.74) is 3.98. The maximum absolute atomic E-state index is 3.59. The highest BCUT2D eigenvalue weighted by molar-refractivity contribution is 5.52. The minimum atomic E-state index is 0.981. The molecule has 0 amide bonds. The molecule has 0 spiro atoms. The van der Waals surface area contributed by atoms with Gasteiger partial charge in [0.2, 0.25) is 0 Å². The summed E-state index contributed by atoms with van der Waals surface area (Å²) >= 11 is 0. The Morgan fingerprint density at radius 3 is 2.24 bits per heavy atom. The summed E-state index contributed by atoms with van der Waals surface area (Å²) in [4.78, 5) is 2.44. The Hall–Kier alpha value is -1.80. The van der Waals surface area contributed by atoms with Crippen LogP contribution in [0, 0.1) is 0 Å². The number of likely N-dealkylation sites (N-methyl/N-ethyl adjacent to an activating group) is 1. The zero-order chi connectivity index (χ0) is 14.9. The fourth-order valence-corrected chi connectivity index (χ4v) is 2.55. The highest BCUT2D eigenvalue weighted by Crippen LogP contribution is 2.18. The van der Waals surface area contributed by atoms with Crippen molar-refractivity contribution >= 4 is 5.69 Å². The first kappa shape index (κ1) is 15.6. The van der Waals surface area contributed by atoms with Crippen LogP contribution >= 0.6 is 0 Å². The van der Waals surface area contributed by atoms with Crippen LogP contribution in [0.4, 0.5) is 5.69 Å². The van der Waals surface area contributed by atoms with Crippen molar-refractivity contribution in [3.63, 3.8) is 0 Å². The first-order valence-corrected chi connectivity index (χ1v) is 7.91. The summed E-state index contributed by atoms with van der Waals surface area (Å²) in [5, 5.41) is 3.59. The molecule has 2 rings (SSSR count). The Morgan fingerprint density at radius 1 is 0.857 bits per heavy atom. The predicted molar refractivity (Wildman–Crippen MR) is 92.0 cm³/mol. The molecule has 0 atom stereocenters. The van der Waals surface area contributed by atoms with E-state index in [0.29, 0.717) is 0 Å². The van der Waals surface area contributed by atoms with Crippen molar-refractivity contribution in [3.8, 4) is 0 Å². The molecule has 0 saturated carbocycles. The van der Waals surface area contributed by atoms with Gasteiger partial charge in [-0.05, 0) is 36.7 Å². The van der Waals surface area contributed by atoms with E-state index in [4.69, 9.17) is 0 Å². The number of hydrogen-bond acceptors (Lipinski definition) is 2. The molecule has 0 saturated heterocycles. The summed E-state index contributed by atoms with van der Waals surface area (Å²) in [6.07, 6.45) is 0.981. The van der Waals surface area contributed by atoms with Crippen LogP contribution in [-0.4, -0.2) is 31.1 Å². The molecular weight excluding hydrogens is 256 g/mol. The van der Waals surface area contributed by atoms with E-state index in [9.17, 15) is 0 Å². The normalized spacial score (nSPS) is 10.8. The van der Waals surface area contributed by atoms with E-state index in [1.165, 1.54) is 16.8 Å². The molecule has 2 aromatic rings. The largest absolute Gasteiger partial charge is 0.384 e. The van der Waals surface area contributed by atoms with Crippen LogP contribution in [0.1, 0.15) is 25.0 Å². The Bertz CT molecular complexity index is 518. The Kier molecular flexibility index (Phi) is 6.29. The van der Waals surface area contributed by atoms with Gasteiger partial charge in [0.15, 0.2) is 0 Å². The number of anilines is 1. The van der Waals surface area contributed by atoms with Crippen LogP contribution in [0.5, 0.6) is 0 Å². The number of benzene rings is 2. The molecule has 0 aliphatic carbocycles. The lowest BCUT2D eigenvalue weighted by Gasteiger charge is -2.19. The zero-order valence-corrected chi connectivity index (χ0v) is 13.2. The summed E-state index contributed by atoms with van der Waals surface area (Å²) in [6.45, 7) is 8.74. The first-order valence-electron chi connectivity index (χ1n) is 7.91. The van der Waals surface area contributed by atoms with Crippen molar-refractivity contribution in [1.29, 1.82) is 0 Å². The molecule has 21 heavy (non-hydrogen) atoms. The molecule has 0 aliphatic heterocycles. The Labute approximate surface area is 128 Å². The SMILES string of the molecule is CCN(CC)CCNc1ccccc1Cc1ccccc1. The minimum Gasteiger partial charge on any atom is -0.384 e. The number of rotatable bonds is 8. The minimum absolute atomic E-state index is 0.981. The highest BCUT2D eigenvalue weighted by atomic mass is 15.1. The molecule has 2 heteroatoms. The highest BCUT2D eigenvalue weighted by Gasteiger charge is 2.03. The standard InChI is InChI=1S/C19H26N2/c1-3-21(4-2)15-14-20-19-13-9-8-12-18(19)16-17-10-6-5-7-11-17/h5-13,20H,3-4,14-16H2,1-2H3. The summed E-state index contributed by atoms with van der Waals surface area (Å²) in [7, 11) is 0. The maximum atomic E-state index is 3.59. The van der Waals surface area contributed by atoms with Gasteiger partial charge in [0.25, 0.3) is 0 Å². The maximum Gasteiger partial charge on any atom is 0.0376 e.